The topological polar surface area (TPSA) is 81.8 Å². The van der Waals surface area contributed by atoms with Crippen molar-refractivity contribution in [2.24, 2.45) is 5.73 Å². The van der Waals surface area contributed by atoms with Gasteiger partial charge in [-0.3, -0.25) is 0 Å². The van der Waals surface area contributed by atoms with Crippen molar-refractivity contribution in [3.05, 3.63) is 0 Å². The Hall–Kier alpha value is -0.650. The molecule has 1 rings (SSSR count). The van der Waals surface area contributed by atoms with Crippen LogP contribution in [0.2, 0.25) is 0 Å². The fourth-order valence-electron chi connectivity index (χ4n) is 1.25. The number of esters is 1. The summed E-state index contributed by atoms with van der Waals surface area (Å²) in [5.74, 6) is -0.550. The van der Waals surface area contributed by atoms with Gasteiger partial charge in [-0.1, -0.05) is 0 Å². The van der Waals surface area contributed by atoms with E-state index in [9.17, 15) is 9.90 Å². The van der Waals surface area contributed by atoms with Crippen LogP contribution in [0.25, 0.3) is 0 Å². The molecule has 0 radical (unpaired) electrons. The third kappa shape index (κ3) is 1.99. The minimum absolute atomic E-state index is 0.0926. The van der Waals surface area contributed by atoms with E-state index in [0.717, 1.165) is 0 Å². The lowest BCUT2D eigenvalue weighted by atomic mass is 9.89. The Morgan fingerprint density at radius 2 is 2.54 bits per heavy atom. The van der Waals surface area contributed by atoms with E-state index in [4.69, 9.17) is 15.2 Å². The number of nitrogens with two attached hydrogens (primary N) is 1. The van der Waals surface area contributed by atoms with Gasteiger partial charge in [0, 0.05) is 13.0 Å². The highest BCUT2D eigenvalue weighted by atomic mass is 16.5. The molecule has 1 fully saturated rings. The standard InChI is InChI=1S/C8H15NO4/c1-2-13-7(11)8(9)3-4-12-5-6(8)10/h6,10H,2-5,9H2,1H3/t6-,8-/m1/s1. The summed E-state index contributed by atoms with van der Waals surface area (Å²) in [5.41, 5.74) is 4.44. The van der Waals surface area contributed by atoms with Crippen LogP contribution in [0.4, 0.5) is 0 Å². The highest BCUT2D eigenvalue weighted by Crippen LogP contribution is 2.19. The van der Waals surface area contributed by atoms with Gasteiger partial charge in [0.25, 0.3) is 0 Å². The molecule has 0 bridgehead atoms. The molecule has 5 nitrogen and oxygen atoms in total. The Kier molecular flexibility index (Phi) is 3.24. The van der Waals surface area contributed by atoms with Crippen LogP contribution in [-0.4, -0.2) is 42.5 Å². The maximum absolute atomic E-state index is 11.4. The third-order valence-corrected chi connectivity index (χ3v) is 2.19. The van der Waals surface area contributed by atoms with E-state index in [1.807, 2.05) is 0 Å². The number of aliphatic hydroxyl groups excluding tert-OH is 1. The smallest absolute Gasteiger partial charge is 0.329 e. The summed E-state index contributed by atoms with van der Waals surface area (Å²) >= 11 is 0. The monoisotopic (exact) mass is 189 g/mol. The summed E-state index contributed by atoms with van der Waals surface area (Å²) in [6.07, 6.45) is -0.673. The van der Waals surface area contributed by atoms with Crippen LogP contribution in [0.1, 0.15) is 13.3 Å². The fraction of sp³-hybridized carbons (Fsp3) is 0.875. The first-order valence-corrected chi connectivity index (χ1v) is 4.33. The van der Waals surface area contributed by atoms with Crippen molar-refractivity contribution in [2.75, 3.05) is 19.8 Å². The molecule has 0 spiro atoms. The Labute approximate surface area is 76.8 Å². The lowest BCUT2D eigenvalue weighted by Gasteiger charge is -2.35. The van der Waals surface area contributed by atoms with Crippen molar-refractivity contribution in [3.63, 3.8) is 0 Å². The molecule has 1 saturated heterocycles. The number of rotatable bonds is 2. The second kappa shape index (κ2) is 4.04. The van der Waals surface area contributed by atoms with Gasteiger partial charge >= 0.3 is 5.97 Å². The molecule has 1 aliphatic rings. The van der Waals surface area contributed by atoms with Crippen molar-refractivity contribution in [2.45, 2.75) is 25.0 Å². The first-order chi connectivity index (χ1) is 6.11. The summed E-state index contributed by atoms with van der Waals surface area (Å²) in [6, 6.07) is 0. The van der Waals surface area contributed by atoms with Crippen LogP contribution < -0.4 is 5.73 Å². The zero-order chi connectivity index (χ0) is 9.90. The zero-order valence-corrected chi connectivity index (χ0v) is 7.66. The quantitative estimate of drug-likeness (QED) is 0.546. The molecule has 3 N–H and O–H groups in total. The lowest BCUT2D eigenvalue weighted by Crippen LogP contribution is -2.62. The average molecular weight is 189 g/mol. The SMILES string of the molecule is CCOC(=O)[C@@]1(N)CCOC[C@H]1O. The van der Waals surface area contributed by atoms with E-state index in [1.165, 1.54) is 0 Å². The highest BCUT2D eigenvalue weighted by Gasteiger charge is 2.45. The number of ether oxygens (including phenoxy) is 2. The van der Waals surface area contributed by atoms with E-state index in [0.29, 0.717) is 13.0 Å². The second-order valence-corrected chi connectivity index (χ2v) is 3.10. The molecule has 2 atom stereocenters. The van der Waals surface area contributed by atoms with Crippen LogP contribution in [0.5, 0.6) is 0 Å². The van der Waals surface area contributed by atoms with Crippen LogP contribution in [0.3, 0.4) is 0 Å². The van der Waals surface area contributed by atoms with Gasteiger partial charge in [0.1, 0.15) is 11.6 Å². The molecule has 0 aliphatic carbocycles. The summed E-state index contributed by atoms with van der Waals surface area (Å²) in [6.45, 7) is 2.44. The van der Waals surface area contributed by atoms with Crippen LogP contribution >= 0.6 is 0 Å². The lowest BCUT2D eigenvalue weighted by molar-refractivity contribution is -0.162. The molecular weight excluding hydrogens is 174 g/mol. The van der Waals surface area contributed by atoms with E-state index in [-0.39, 0.29) is 13.2 Å². The van der Waals surface area contributed by atoms with Crippen LogP contribution in [-0.2, 0) is 14.3 Å². The summed E-state index contributed by atoms with van der Waals surface area (Å²) in [7, 11) is 0. The van der Waals surface area contributed by atoms with Crippen molar-refractivity contribution >= 4 is 5.97 Å². The van der Waals surface area contributed by atoms with Gasteiger partial charge in [-0.2, -0.15) is 0 Å². The molecule has 0 saturated carbocycles. The zero-order valence-electron chi connectivity index (χ0n) is 7.66. The Morgan fingerprint density at radius 3 is 3.08 bits per heavy atom. The number of hydrogen-bond acceptors (Lipinski definition) is 5. The molecule has 76 valence electrons. The first kappa shape index (κ1) is 10.4. The van der Waals surface area contributed by atoms with Gasteiger partial charge in [0.05, 0.1) is 13.2 Å². The van der Waals surface area contributed by atoms with Crippen molar-refractivity contribution in [1.29, 1.82) is 0 Å². The molecule has 0 aromatic rings. The summed E-state index contributed by atoms with van der Waals surface area (Å²) in [5, 5.41) is 9.47. The fourth-order valence-corrected chi connectivity index (χ4v) is 1.25. The van der Waals surface area contributed by atoms with Gasteiger partial charge in [-0.25, -0.2) is 4.79 Å². The van der Waals surface area contributed by atoms with Gasteiger partial charge < -0.3 is 20.3 Å². The van der Waals surface area contributed by atoms with E-state index >= 15 is 0 Å². The average Bonchev–Trinajstić information content (AvgIpc) is 2.11. The molecule has 5 heteroatoms. The third-order valence-electron chi connectivity index (χ3n) is 2.19. The van der Waals surface area contributed by atoms with Gasteiger partial charge in [0.15, 0.2) is 0 Å². The normalized spacial score (nSPS) is 34.2. The summed E-state index contributed by atoms with van der Waals surface area (Å²) < 4.78 is 9.74. The number of carbonyl (C=O) groups excluding carboxylic acids is 1. The van der Waals surface area contributed by atoms with Crippen molar-refractivity contribution in [1.82, 2.24) is 0 Å². The molecule has 0 aromatic carbocycles. The largest absolute Gasteiger partial charge is 0.465 e. The highest BCUT2D eigenvalue weighted by molar-refractivity contribution is 5.81. The minimum Gasteiger partial charge on any atom is -0.465 e. The molecule has 1 heterocycles. The van der Waals surface area contributed by atoms with Crippen LogP contribution in [0.15, 0.2) is 0 Å². The second-order valence-electron chi connectivity index (χ2n) is 3.10. The summed E-state index contributed by atoms with van der Waals surface area (Å²) in [4.78, 5) is 11.4. The number of aliphatic hydroxyl groups is 1. The predicted molar refractivity (Wildman–Crippen MR) is 45.0 cm³/mol. The molecule has 0 amide bonds. The molecule has 0 unspecified atom stereocenters. The molecular formula is C8H15NO4. The maximum Gasteiger partial charge on any atom is 0.329 e. The van der Waals surface area contributed by atoms with E-state index in [1.54, 1.807) is 6.92 Å². The molecule has 1 aliphatic heterocycles. The van der Waals surface area contributed by atoms with Gasteiger partial charge in [-0.15, -0.1) is 0 Å². The molecule has 13 heavy (non-hydrogen) atoms. The van der Waals surface area contributed by atoms with E-state index in [2.05, 4.69) is 0 Å². The first-order valence-electron chi connectivity index (χ1n) is 4.33. The Bertz CT molecular complexity index is 197. The van der Waals surface area contributed by atoms with E-state index < -0.39 is 17.6 Å². The molecule has 0 aromatic heterocycles. The van der Waals surface area contributed by atoms with Crippen LogP contribution in [0, 0.1) is 0 Å². The Balaban J connectivity index is 2.65. The maximum atomic E-state index is 11.4. The minimum atomic E-state index is -1.28. The predicted octanol–water partition coefficient (Wildman–Crippen LogP) is -0.972. The number of carbonyl (C=O) groups is 1. The van der Waals surface area contributed by atoms with Gasteiger partial charge in [-0.05, 0) is 6.92 Å². The Morgan fingerprint density at radius 1 is 1.85 bits per heavy atom. The number of hydrogen-bond donors (Lipinski definition) is 2. The van der Waals surface area contributed by atoms with Crippen molar-refractivity contribution in [3.8, 4) is 0 Å². The van der Waals surface area contributed by atoms with Gasteiger partial charge in [0.2, 0.25) is 0 Å². The van der Waals surface area contributed by atoms with Crippen molar-refractivity contribution < 1.29 is 19.4 Å².